The Balaban J connectivity index is 1.33. The van der Waals surface area contributed by atoms with E-state index in [2.05, 4.69) is 5.32 Å². The van der Waals surface area contributed by atoms with Gasteiger partial charge in [-0.25, -0.2) is 0 Å². The molecule has 0 aromatic heterocycles. The molecule has 4 rings (SSSR count). The summed E-state index contributed by atoms with van der Waals surface area (Å²) in [4.78, 5) is 38.5. The topological polar surface area (TPSA) is 84.9 Å². The van der Waals surface area contributed by atoms with Crippen LogP contribution in [0.4, 0.5) is 10.5 Å². The van der Waals surface area contributed by atoms with Gasteiger partial charge in [-0.05, 0) is 59.8 Å². The molecule has 0 saturated carbocycles. The highest BCUT2D eigenvalue weighted by atomic mass is 32.2. The van der Waals surface area contributed by atoms with Crippen molar-refractivity contribution in [3.05, 3.63) is 95.4 Å². The molecule has 3 aromatic rings. The lowest BCUT2D eigenvalue weighted by Gasteiger charge is -2.12. The van der Waals surface area contributed by atoms with E-state index in [4.69, 9.17) is 9.47 Å². The van der Waals surface area contributed by atoms with Gasteiger partial charge in [-0.15, -0.1) is 0 Å². The summed E-state index contributed by atoms with van der Waals surface area (Å²) in [5.41, 5.74) is 1.31. The summed E-state index contributed by atoms with van der Waals surface area (Å²) in [5.74, 6) is 0.448. The molecule has 1 N–H and O–H groups in total. The molecule has 1 aliphatic rings. The highest BCUT2D eigenvalue weighted by molar-refractivity contribution is 8.18. The number of anilines is 1. The largest absolute Gasteiger partial charge is 0.490 e. The Morgan fingerprint density at radius 3 is 2.24 bits per heavy atom. The van der Waals surface area contributed by atoms with E-state index in [0.717, 1.165) is 22.4 Å². The fraction of sp³-hybridized carbons (Fsp3) is 0.115. The molecule has 0 aliphatic carbocycles. The number of hydrogen-bond donors (Lipinski definition) is 1. The maximum atomic E-state index is 12.7. The monoisotopic (exact) mass is 474 g/mol. The smallest absolute Gasteiger partial charge is 0.294 e. The van der Waals surface area contributed by atoms with Crippen LogP contribution in [0, 0.1) is 0 Å². The summed E-state index contributed by atoms with van der Waals surface area (Å²) >= 11 is 0.808. The van der Waals surface area contributed by atoms with E-state index in [9.17, 15) is 14.4 Å². The first-order valence-corrected chi connectivity index (χ1v) is 11.4. The van der Waals surface area contributed by atoms with Gasteiger partial charge < -0.3 is 14.8 Å². The fourth-order valence-electron chi connectivity index (χ4n) is 3.18. The van der Waals surface area contributed by atoms with Crippen molar-refractivity contribution in [3.8, 4) is 11.5 Å². The Kier molecular flexibility index (Phi) is 7.62. The molecule has 3 aromatic carbocycles. The normalized spacial score (nSPS) is 14.4. The molecule has 1 aliphatic heterocycles. The van der Waals surface area contributed by atoms with Crippen LogP contribution >= 0.6 is 11.8 Å². The van der Waals surface area contributed by atoms with Crippen molar-refractivity contribution in [3.63, 3.8) is 0 Å². The predicted molar refractivity (Wildman–Crippen MR) is 132 cm³/mol. The van der Waals surface area contributed by atoms with Crippen molar-refractivity contribution in [2.24, 2.45) is 0 Å². The maximum Gasteiger partial charge on any atom is 0.294 e. The van der Waals surface area contributed by atoms with Gasteiger partial charge in [0.15, 0.2) is 0 Å². The van der Waals surface area contributed by atoms with E-state index >= 15 is 0 Å². The molecule has 7 nitrogen and oxygen atoms in total. The number of amides is 3. The molecule has 8 heteroatoms. The molecule has 0 unspecified atom stereocenters. The lowest BCUT2D eigenvalue weighted by atomic mass is 10.2. The minimum Gasteiger partial charge on any atom is -0.490 e. The third-order valence-electron chi connectivity index (χ3n) is 4.75. The summed E-state index contributed by atoms with van der Waals surface area (Å²) in [6, 6.07) is 25.5. The number of para-hydroxylation sites is 2. The van der Waals surface area contributed by atoms with Crippen molar-refractivity contribution >= 4 is 40.6 Å². The molecule has 172 valence electrons. The molecular weight excluding hydrogens is 452 g/mol. The quantitative estimate of drug-likeness (QED) is 0.354. The number of thioether (sulfide) groups is 1. The standard InChI is InChI=1S/C26H22N2O5S/c29-24(27-20-9-3-1-4-10-20)18-28-25(30)23(34-26(28)31)17-19-8-7-13-22(16-19)33-15-14-32-21-11-5-2-6-12-21/h1-13,16-17H,14-15,18H2,(H,27,29)/b23-17+. The van der Waals surface area contributed by atoms with Crippen LogP contribution in [0.15, 0.2) is 89.8 Å². The van der Waals surface area contributed by atoms with Crippen LogP contribution in [-0.2, 0) is 9.59 Å². The number of nitrogens with one attached hydrogen (secondary N) is 1. The van der Waals surface area contributed by atoms with Crippen LogP contribution in [0.2, 0.25) is 0 Å². The van der Waals surface area contributed by atoms with Crippen LogP contribution < -0.4 is 14.8 Å². The van der Waals surface area contributed by atoms with Gasteiger partial charge in [0, 0.05) is 5.69 Å². The number of benzene rings is 3. The van der Waals surface area contributed by atoms with E-state index in [1.807, 2.05) is 42.5 Å². The first kappa shape index (κ1) is 23.1. The molecule has 0 bridgehead atoms. The zero-order valence-corrected chi connectivity index (χ0v) is 19.0. The van der Waals surface area contributed by atoms with Crippen molar-refractivity contribution in [2.75, 3.05) is 25.1 Å². The molecule has 0 atom stereocenters. The minimum atomic E-state index is -0.499. The van der Waals surface area contributed by atoms with Crippen molar-refractivity contribution in [1.29, 1.82) is 0 Å². The van der Waals surface area contributed by atoms with E-state index in [-0.39, 0.29) is 11.4 Å². The molecule has 34 heavy (non-hydrogen) atoms. The Labute approximate surface area is 201 Å². The van der Waals surface area contributed by atoms with Crippen molar-refractivity contribution < 1.29 is 23.9 Å². The van der Waals surface area contributed by atoms with Gasteiger partial charge in [-0.2, -0.15) is 0 Å². The number of ether oxygens (including phenoxy) is 2. The Morgan fingerprint density at radius 1 is 0.853 bits per heavy atom. The molecule has 1 saturated heterocycles. The second kappa shape index (κ2) is 11.2. The number of imide groups is 1. The Bertz CT molecular complexity index is 1200. The van der Waals surface area contributed by atoms with Gasteiger partial charge in [-0.1, -0.05) is 48.5 Å². The summed E-state index contributed by atoms with van der Waals surface area (Å²) in [5, 5.41) is 2.19. The van der Waals surface area contributed by atoms with Gasteiger partial charge in [-0.3, -0.25) is 19.3 Å². The van der Waals surface area contributed by atoms with E-state index in [0.29, 0.717) is 30.2 Å². The molecule has 0 radical (unpaired) electrons. The predicted octanol–water partition coefficient (Wildman–Crippen LogP) is 4.82. The number of carbonyl (C=O) groups excluding carboxylic acids is 3. The van der Waals surface area contributed by atoms with Crippen LogP contribution in [0.25, 0.3) is 6.08 Å². The van der Waals surface area contributed by atoms with Crippen molar-refractivity contribution in [2.45, 2.75) is 0 Å². The van der Waals surface area contributed by atoms with Gasteiger partial charge in [0.05, 0.1) is 4.91 Å². The molecule has 1 heterocycles. The van der Waals surface area contributed by atoms with Crippen LogP contribution in [0.1, 0.15) is 5.56 Å². The lowest BCUT2D eigenvalue weighted by molar-refractivity contribution is -0.127. The van der Waals surface area contributed by atoms with Crippen LogP contribution in [0.3, 0.4) is 0 Å². The minimum absolute atomic E-state index is 0.252. The Hall–Kier alpha value is -4.04. The number of carbonyl (C=O) groups is 3. The highest BCUT2D eigenvalue weighted by Gasteiger charge is 2.36. The van der Waals surface area contributed by atoms with Gasteiger partial charge >= 0.3 is 0 Å². The second-order valence-corrected chi connectivity index (χ2v) is 8.26. The summed E-state index contributed by atoms with van der Waals surface area (Å²) in [6.45, 7) is 0.394. The zero-order valence-electron chi connectivity index (χ0n) is 18.2. The summed E-state index contributed by atoms with van der Waals surface area (Å²) in [6.07, 6.45) is 1.62. The Morgan fingerprint density at radius 2 is 1.50 bits per heavy atom. The number of rotatable bonds is 9. The van der Waals surface area contributed by atoms with Gasteiger partial charge in [0.1, 0.15) is 31.3 Å². The van der Waals surface area contributed by atoms with E-state index < -0.39 is 17.1 Å². The van der Waals surface area contributed by atoms with Gasteiger partial charge in [0.2, 0.25) is 5.91 Å². The van der Waals surface area contributed by atoms with E-state index in [1.54, 1.807) is 48.5 Å². The molecule has 3 amide bonds. The van der Waals surface area contributed by atoms with Gasteiger partial charge in [0.25, 0.3) is 11.1 Å². The maximum absolute atomic E-state index is 12.7. The van der Waals surface area contributed by atoms with E-state index in [1.165, 1.54) is 0 Å². The molecule has 0 spiro atoms. The lowest BCUT2D eigenvalue weighted by Crippen LogP contribution is -2.36. The third-order valence-corrected chi connectivity index (χ3v) is 5.66. The highest BCUT2D eigenvalue weighted by Crippen LogP contribution is 2.32. The average molecular weight is 475 g/mol. The average Bonchev–Trinajstić information content (AvgIpc) is 3.10. The van der Waals surface area contributed by atoms with Crippen LogP contribution in [0.5, 0.6) is 11.5 Å². The fourth-order valence-corrected chi connectivity index (χ4v) is 4.02. The number of nitrogens with zero attached hydrogens (tertiary/aromatic N) is 1. The summed E-state index contributed by atoms with van der Waals surface area (Å²) < 4.78 is 11.3. The van der Waals surface area contributed by atoms with Crippen molar-refractivity contribution in [1.82, 2.24) is 4.90 Å². The second-order valence-electron chi connectivity index (χ2n) is 7.26. The van der Waals surface area contributed by atoms with Crippen LogP contribution in [-0.4, -0.2) is 41.7 Å². The molecular formula is C26H22N2O5S. The SMILES string of the molecule is O=C(CN1C(=O)S/C(=C/c2cccc(OCCOc3ccccc3)c2)C1=O)Nc1ccccc1. The first-order chi connectivity index (χ1) is 16.6. The molecule has 1 fully saturated rings. The first-order valence-electron chi connectivity index (χ1n) is 10.6. The third kappa shape index (κ3) is 6.26. The zero-order chi connectivity index (χ0) is 23.8. The number of hydrogen-bond acceptors (Lipinski definition) is 6. The summed E-state index contributed by atoms with van der Waals surface area (Å²) in [7, 11) is 0.